The van der Waals surface area contributed by atoms with Crippen molar-refractivity contribution >= 4 is 11.9 Å². The first-order valence-electron chi connectivity index (χ1n) is 8.03. The number of benzene rings is 2. The minimum Gasteiger partial charge on any atom is -0.479 e. The molecular formula is C19H19NO5. The summed E-state index contributed by atoms with van der Waals surface area (Å²) >= 11 is 0. The van der Waals surface area contributed by atoms with Crippen molar-refractivity contribution in [3.05, 3.63) is 60.2 Å². The van der Waals surface area contributed by atoms with Crippen LogP contribution < -0.4 is 4.74 Å². The SMILES string of the molecule is C[C@@H]1CN(C(=O)c2cccc(Oc3ccccc3)c2)CC(C(=O)O)O1. The van der Waals surface area contributed by atoms with E-state index in [-0.39, 0.29) is 18.6 Å². The molecule has 130 valence electrons. The number of para-hydroxylation sites is 1. The second-order valence-electron chi connectivity index (χ2n) is 5.93. The maximum Gasteiger partial charge on any atom is 0.334 e. The minimum atomic E-state index is -1.06. The van der Waals surface area contributed by atoms with Crippen LogP contribution in [0.4, 0.5) is 0 Å². The number of rotatable bonds is 4. The van der Waals surface area contributed by atoms with Gasteiger partial charge in [-0.15, -0.1) is 0 Å². The topological polar surface area (TPSA) is 76.1 Å². The second kappa shape index (κ2) is 7.36. The van der Waals surface area contributed by atoms with Gasteiger partial charge in [-0.2, -0.15) is 0 Å². The Morgan fingerprint density at radius 1 is 1.08 bits per heavy atom. The molecule has 2 aromatic carbocycles. The Hall–Kier alpha value is -2.86. The number of carbonyl (C=O) groups is 2. The summed E-state index contributed by atoms with van der Waals surface area (Å²) in [4.78, 5) is 25.4. The lowest BCUT2D eigenvalue weighted by atomic mass is 10.1. The average Bonchev–Trinajstić information content (AvgIpc) is 2.61. The third-order valence-corrected chi connectivity index (χ3v) is 3.88. The number of carboxylic acid groups (broad SMARTS) is 1. The molecule has 3 rings (SSSR count). The van der Waals surface area contributed by atoms with Gasteiger partial charge >= 0.3 is 5.97 Å². The number of amides is 1. The maximum atomic E-state index is 12.7. The minimum absolute atomic E-state index is 0.0300. The van der Waals surface area contributed by atoms with Crippen LogP contribution in [0.15, 0.2) is 54.6 Å². The van der Waals surface area contributed by atoms with E-state index in [4.69, 9.17) is 14.6 Å². The summed E-state index contributed by atoms with van der Waals surface area (Å²) in [6.45, 7) is 2.14. The standard InChI is InChI=1S/C19H19NO5/c1-13-11-20(12-17(24-13)19(22)23)18(21)14-6-5-9-16(10-14)25-15-7-3-2-4-8-15/h2-10,13,17H,11-12H2,1H3,(H,22,23)/t13-,17?/m1/s1. The highest BCUT2D eigenvalue weighted by molar-refractivity contribution is 5.95. The zero-order chi connectivity index (χ0) is 17.8. The van der Waals surface area contributed by atoms with Gasteiger partial charge in [0.1, 0.15) is 11.5 Å². The highest BCUT2D eigenvalue weighted by atomic mass is 16.5. The number of nitrogens with zero attached hydrogens (tertiary/aromatic N) is 1. The van der Waals surface area contributed by atoms with E-state index in [2.05, 4.69) is 0 Å². The molecule has 1 fully saturated rings. The van der Waals surface area contributed by atoms with E-state index in [1.54, 1.807) is 31.2 Å². The quantitative estimate of drug-likeness (QED) is 0.925. The molecule has 1 aliphatic rings. The average molecular weight is 341 g/mol. The van der Waals surface area contributed by atoms with Crippen LogP contribution >= 0.6 is 0 Å². The highest BCUT2D eigenvalue weighted by Gasteiger charge is 2.33. The molecule has 0 radical (unpaired) electrons. The molecule has 2 aromatic rings. The van der Waals surface area contributed by atoms with Crippen LogP contribution in [0.25, 0.3) is 0 Å². The zero-order valence-electron chi connectivity index (χ0n) is 13.8. The van der Waals surface area contributed by atoms with Gasteiger partial charge in [-0.1, -0.05) is 24.3 Å². The Morgan fingerprint density at radius 3 is 2.52 bits per heavy atom. The van der Waals surface area contributed by atoms with Gasteiger partial charge in [0.15, 0.2) is 6.10 Å². The first-order valence-corrected chi connectivity index (χ1v) is 8.03. The van der Waals surface area contributed by atoms with Gasteiger partial charge in [-0.25, -0.2) is 4.79 Å². The van der Waals surface area contributed by atoms with E-state index in [1.165, 1.54) is 4.90 Å². The van der Waals surface area contributed by atoms with Crippen molar-refractivity contribution in [1.82, 2.24) is 4.90 Å². The Morgan fingerprint density at radius 2 is 1.80 bits per heavy atom. The zero-order valence-corrected chi connectivity index (χ0v) is 13.8. The predicted molar refractivity (Wildman–Crippen MR) is 90.8 cm³/mol. The molecule has 0 aromatic heterocycles. The van der Waals surface area contributed by atoms with Crippen LogP contribution in [-0.2, 0) is 9.53 Å². The first kappa shape index (κ1) is 17.0. The first-order chi connectivity index (χ1) is 12.0. The van der Waals surface area contributed by atoms with Crippen LogP contribution in [0.3, 0.4) is 0 Å². The lowest BCUT2D eigenvalue weighted by molar-refractivity contribution is -0.160. The van der Waals surface area contributed by atoms with E-state index in [0.717, 1.165) is 0 Å². The molecule has 0 aliphatic carbocycles. The van der Waals surface area contributed by atoms with E-state index < -0.39 is 12.1 Å². The van der Waals surface area contributed by atoms with Gasteiger partial charge in [0, 0.05) is 12.1 Å². The highest BCUT2D eigenvalue weighted by Crippen LogP contribution is 2.23. The van der Waals surface area contributed by atoms with Gasteiger partial charge in [0.05, 0.1) is 12.6 Å². The third kappa shape index (κ3) is 4.16. The molecule has 6 nitrogen and oxygen atoms in total. The van der Waals surface area contributed by atoms with Gasteiger partial charge in [-0.3, -0.25) is 4.79 Å². The second-order valence-corrected chi connectivity index (χ2v) is 5.93. The third-order valence-electron chi connectivity index (χ3n) is 3.88. The van der Waals surface area contributed by atoms with Crippen LogP contribution in [0.5, 0.6) is 11.5 Å². The molecule has 0 spiro atoms. The molecular weight excluding hydrogens is 322 g/mol. The molecule has 25 heavy (non-hydrogen) atoms. The summed E-state index contributed by atoms with van der Waals surface area (Å²) in [5, 5.41) is 9.15. The maximum absolute atomic E-state index is 12.7. The smallest absolute Gasteiger partial charge is 0.334 e. The Bertz CT molecular complexity index is 761. The summed E-state index contributed by atoms with van der Waals surface area (Å²) < 4.78 is 11.1. The Labute approximate surface area is 145 Å². The number of aliphatic carboxylic acids is 1. The fraction of sp³-hybridized carbons (Fsp3) is 0.263. The van der Waals surface area contributed by atoms with E-state index in [0.29, 0.717) is 23.6 Å². The number of carbonyl (C=O) groups excluding carboxylic acids is 1. The van der Waals surface area contributed by atoms with Crippen molar-refractivity contribution in [3.63, 3.8) is 0 Å². The number of hydrogen-bond donors (Lipinski definition) is 1. The van der Waals surface area contributed by atoms with Gasteiger partial charge in [0.2, 0.25) is 0 Å². The van der Waals surface area contributed by atoms with Crippen molar-refractivity contribution in [1.29, 1.82) is 0 Å². The van der Waals surface area contributed by atoms with Crippen LogP contribution in [-0.4, -0.2) is 47.2 Å². The molecule has 1 N–H and O–H groups in total. The summed E-state index contributed by atoms with van der Waals surface area (Å²) in [6.07, 6.45) is -1.33. The number of carboxylic acids is 1. The van der Waals surface area contributed by atoms with E-state index in [1.807, 2.05) is 30.3 Å². The van der Waals surface area contributed by atoms with Crippen molar-refractivity contribution in [2.45, 2.75) is 19.1 Å². The van der Waals surface area contributed by atoms with Crippen LogP contribution in [0, 0.1) is 0 Å². The van der Waals surface area contributed by atoms with E-state index >= 15 is 0 Å². The summed E-state index contributed by atoms with van der Waals surface area (Å²) in [5.41, 5.74) is 0.451. The number of ether oxygens (including phenoxy) is 2. The number of hydrogen-bond acceptors (Lipinski definition) is 4. The Kier molecular flexibility index (Phi) is 5.00. The van der Waals surface area contributed by atoms with Gasteiger partial charge in [-0.05, 0) is 37.3 Å². The molecule has 1 amide bonds. The van der Waals surface area contributed by atoms with Crippen molar-refractivity contribution in [3.8, 4) is 11.5 Å². The van der Waals surface area contributed by atoms with Crippen molar-refractivity contribution in [2.24, 2.45) is 0 Å². The summed E-state index contributed by atoms with van der Waals surface area (Å²) in [6, 6.07) is 16.1. The normalized spacial score (nSPS) is 20.1. The van der Waals surface area contributed by atoms with Crippen molar-refractivity contribution < 1.29 is 24.2 Å². The largest absolute Gasteiger partial charge is 0.479 e. The van der Waals surface area contributed by atoms with E-state index in [9.17, 15) is 9.59 Å². The summed E-state index contributed by atoms with van der Waals surface area (Å²) in [7, 11) is 0. The molecule has 0 bridgehead atoms. The molecule has 2 atom stereocenters. The van der Waals surface area contributed by atoms with Crippen LogP contribution in [0.2, 0.25) is 0 Å². The van der Waals surface area contributed by atoms with Crippen LogP contribution in [0.1, 0.15) is 17.3 Å². The molecule has 1 aliphatic heterocycles. The summed E-state index contributed by atoms with van der Waals surface area (Å²) in [5.74, 6) is -0.0726. The monoisotopic (exact) mass is 341 g/mol. The molecule has 6 heteroatoms. The lowest BCUT2D eigenvalue weighted by Crippen LogP contribution is -2.51. The van der Waals surface area contributed by atoms with Gasteiger partial charge in [0.25, 0.3) is 5.91 Å². The lowest BCUT2D eigenvalue weighted by Gasteiger charge is -2.35. The van der Waals surface area contributed by atoms with Crippen molar-refractivity contribution in [2.75, 3.05) is 13.1 Å². The number of morpholine rings is 1. The molecule has 1 heterocycles. The molecule has 1 unspecified atom stereocenters. The molecule has 0 saturated carbocycles. The fourth-order valence-electron chi connectivity index (χ4n) is 2.75. The molecule has 1 saturated heterocycles. The predicted octanol–water partition coefficient (Wildman–Crippen LogP) is 2.79. The Balaban J connectivity index is 1.76. The van der Waals surface area contributed by atoms with Gasteiger partial charge < -0.3 is 19.5 Å². The fourth-order valence-corrected chi connectivity index (χ4v) is 2.75.